The molecule has 0 unspecified atom stereocenters. The molecule has 40 heavy (non-hydrogen) atoms. The first-order valence-corrected chi connectivity index (χ1v) is 13.5. The number of cyclic esters (lactones) is 1. The van der Waals surface area contributed by atoms with E-state index >= 15 is 0 Å². The van der Waals surface area contributed by atoms with Gasteiger partial charge >= 0.3 is 11.9 Å². The third kappa shape index (κ3) is 5.93. The fourth-order valence-corrected chi connectivity index (χ4v) is 5.37. The molecule has 2 aromatic carbocycles. The first kappa shape index (κ1) is 29.0. The van der Waals surface area contributed by atoms with Gasteiger partial charge < -0.3 is 28.4 Å². The summed E-state index contributed by atoms with van der Waals surface area (Å²) in [6, 6.07) is 5.22. The van der Waals surface area contributed by atoms with Crippen molar-refractivity contribution < 1.29 is 42.8 Å². The Balaban J connectivity index is 1.92. The number of carbonyl (C=O) groups is 3. The number of benzene rings is 2. The lowest BCUT2D eigenvalue weighted by atomic mass is 9.82. The second-order valence-corrected chi connectivity index (χ2v) is 9.88. The summed E-state index contributed by atoms with van der Waals surface area (Å²) >= 11 is 0. The Labute approximate surface area is 234 Å². The van der Waals surface area contributed by atoms with Gasteiger partial charge in [-0.3, -0.25) is 9.59 Å². The van der Waals surface area contributed by atoms with Gasteiger partial charge in [0.05, 0.1) is 41.0 Å². The van der Waals surface area contributed by atoms with Gasteiger partial charge in [-0.2, -0.15) is 0 Å². The van der Waals surface area contributed by atoms with Gasteiger partial charge in [-0.1, -0.05) is 18.2 Å². The SMILES string of the molecule is COc1ccc([C@H]2CC(=O)Oc3cc4c(c(OC)c32)C(=O)O[C@H](C)CCCC(=O)CCCC=C4)c(OC)c1OC. The first-order valence-electron chi connectivity index (χ1n) is 13.5. The molecule has 0 bridgehead atoms. The maximum Gasteiger partial charge on any atom is 0.342 e. The summed E-state index contributed by atoms with van der Waals surface area (Å²) in [5.74, 6) is 0.475. The topological polar surface area (TPSA) is 107 Å². The number of fused-ring (bicyclic) bond motifs is 2. The van der Waals surface area contributed by atoms with Crippen LogP contribution in [0.25, 0.3) is 6.08 Å². The summed E-state index contributed by atoms with van der Waals surface area (Å²) in [5, 5.41) is 0. The lowest BCUT2D eigenvalue weighted by molar-refractivity contribution is -0.135. The van der Waals surface area contributed by atoms with Crippen molar-refractivity contribution in [3.05, 3.63) is 46.5 Å². The number of ketones is 1. The number of hydrogen-bond donors (Lipinski definition) is 0. The highest BCUT2D eigenvalue weighted by molar-refractivity contribution is 5.99. The molecule has 2 aliphatic heterocycles. The number of rotatable bonds is 5. The Bertz CT molecular complexity index is 1310. The number of carbonyl (C=O) groups excluding carboxylic acids is 3. The predicted octanol–water partition coefficient (Wildman–Crippen LogP) is 5.64. The zero-order valence-electron chi connectivity index (χ0n) is 23.7. The van der Waals surface area contributed by atoms with Crippen molar-refractivity contribution in [2.75, 3.05) is 28.4 Å². The molecule has 0 N–H and O–H groups in total. The number of ether oxygens (including phenoxy) is 6. The van der Waals surface area contributed by atoms with E-state index in [1.54, 1.807) is 24.3 Å². The lowest BCUT2D eigenvalue weighted by Crippen LogP contribution is -2.24. The minimum atomic E-state index is -0.570. The van der Waals surface area contributed by atoms with Crippen molar-refractivity contribution >= 4 is 23.8 Å². The van der Waals surface area contributed by atoms with E-state index in [-0.39, 0.29) is 29.3 Å². The summed E-state index contributed by atoms with van der Waals surface area (Å²) in [6.45, 7) is 1.81. The van der Waals surface area contributed by atoms with Crippen molar-refractivity contribution in [1.82, 2.24) is 0 Å². The predicted molar refractivity (Wildman–Crippen MR) is 148 cm³/mol. The van der Waals surface area contributed by atoms with Crippen LogP contribution in [0.3, 0.4) is 0 Å². The van der Waals surface area contributed by atoms with Gasteiger partial charge in [0.2, 0.25) is 5.75 Å². The van der Waals surface area contributed by atoms with Crippen LogP contribution < -0.4 is 23.7 Å². The normalized spacial score (nSPS) is 19.9. The highest BCUT2D eigenvalue weighted by Gasteiger charge is 2.38. The van der Waals surface area contributed by atoms with Gasteiger partial charge in [0.1, 0.15) is 22.8 Å². The molecule has 9 nitrogen and oxygen atoms in total. The fraction of sp³-hybridized carbons (Fsp3) is 0.452. The lowest BCUT2D eigenvalue weighted by Gasteiger charge is -2.30. The van der Waals surface area contributed by atoms with Crippen LogP contribution in [-0.2, 0) is 14.3 Å². The van der Waals surface area contributed by atoms with Crippen LogP contribution in [0.15, 0.2) is 24.3 Å². The van der Waals surface area contributed by atoms with E-state index < -0.39 is 24.0 Å². The molecule has 4 rings (SSSR count). The molecule has 0 spiro atoms. The van der Waals surface area contributed by atoms with Crippen molar-refractivity contribution in [1.29, 1.82) is 0 Å². The molecule has 0 saturated heterocycles. The minimum absolute atomic E-state index is 0.0106. The highest BCUT2D eigenvalue weighted by Crippen LogP contribution is 2.52. The van der Waals surface area contributed by atoms with Gasteiger partial charge in [0.25, 0.3) is 0 Å². The number of allylic oxidation sites excluding steroid dienone is 1. The van der Waals surface area contributed by atoms with Gasteiger partial charge in [0.15, 0.2) is 11.5 Å². The molecule has 214 valence electrons. The molecule has 2 aliphatic rings. The second kappa shape index (κ2) is 12.9. The molecule has 0 saturated carbocycles. The Kier molecular flexibility index (Phi) is 9.34. The molecule has 9 heteroatoms. The van der Waals surface area contributed by atoms with Crippen molar-refractivity contribution in [3.8, 4) is 28.7 Å². The molecule has 0 aliphatic carbocycles. The Morgan fingerprint density at radius 3 is 2.30 bits per heavy atom. The van der Waals surface area contributed by atoms with E-state index in [1.807, 2.05) is 13.0 Å². The fourth-order valence-electron chi connectivity index (χ4n) is 5.37. The largest absolute Gasteiger partial charge is 0.495 e. The van der Waals surface area contributed by atoms with E-state index in [0.717, 1.165) is 0 Å². The summed E-state index contributed by atoms with van der Waals surface area (Å²) in [6.07, 6.45) is 6.83. The van der Waals surface area contributed by atoms with Crippen LogP contribution >= 0.6 is 0 Å². The zero-order chi connectivity index (χ0) is 28.8. The number of hydrogen-bond acceptors (Lipinski definition) is 9. The number of Topliss-reactive ketones (excluding diaryl/α,β-unsaturated/α-hetero) is 1. The van der Waals surface area contributed by atoms with Gasteiger partial charge in [-0.15, -0.1) is 0 Å². The van der Waals surface area contributed by atoms with Crippen LogP contribution in [0.1, 0.15) is 84.8 Å². The average molecular weight is 553 g/mol. The van der Waals surface area contributed by atoms with Crippen LogP contribution in [0, 0.1) is 0 Å². The smallest absolute Gasteiger partial charge is 0.342 e. The van der Waals surface area contributed by atoms with E-state index in [1.165, 1.54) is 28.4 Å². The third-order valence-electron chi connectivity index (χ3n) is 7.27. The minimum Gasteiger partial charge on any atom is -0.495 e. The molecule has 0 radical (unpaired) electrons. The average Bonchev–Trinajstić information content (AvgIpc) is 2.94. The first-order chi connectivity index (χ1) is 19.3. The van der Waals surface area contributed by atoms with E-state index in [4.69, 9.17) is 28.4 Å². The Morgan fingerprint density at radius 2 is 1.60 bits per heavy atom. The second-order valence-electron chi connectivity index (χ2n) is 9.88. The van der Waals surface area contributed by atoms with Crippen LogP contribution in [0.5, 0.6) is 28.7 Å². The van der Waals surface area contributed by atoms with Crippen LogP contribution in [0.2, 0.25) is 0 Å². The maximum atomic E-state index is 13.7. The van der Waals surface area contributed by atoms with Gasteiger partial charge in [-0.25, -0.2) is 4.79 Å². The Morgan fingerprint density at radius 1 is 0.875 bits per heavy atom. The molecule has 2 atom stereocenters. The number of esters is 2. The van der Waals surface area contributed by atoms with E-state index in [9.17, 15) is 14.4 Å². The number of methoxy groups -OCH3 is 4. The highest BCUT2D eigenvalue weighted by atomic mass is 16.6. The molecule has 0 aromatic heterocycles. The van der Waals surface area contributed by atoms with Crippen molar-refractivity contribution in [2.24, 2.45) is 0 Å². The maximum absolute atomic E-state index is 13.7. The standard InChI is InChI=1S/C31H36O9/c1-18-10-9-13-20(32)12-8-6-7-11-19-16-24-27(30(38-5)26(19)31(34)39-18)22(17-25(33)40-24)21-14-15-23(35-2)29(37-4)28(21)36-3/h7,11,14-16,18,22H,6,8-10,12-13,17H2,1-5H3/t18-,22-/m1/s1. The van der Waals surface area contributed by atoms with Crippen molar-refractivity contribution in [3.63, 3.8) is 0 Å². The van der Waals surface area contributed by atoms with Gasteiger partial charge in [0, 0.05) is 29.9 Å². The van der Waals surface area contributed by atoms with Crippen molar-refractivity contribution in [2.45, 2.75) is 63.9 Å². The molecular weight excluding hydrogens is 516 g/mol. The molecule has 0 amide bonds. The molecule has 2 heterocycles. The monoisotopic (exact) mass is 552 g/mol. The van der Waals surface area contributed by atoms with E-state index in [0.29, 0.717) is 72.5 Å². The third-order valence-corrected chi connectivity index (χ3v) is 7.27. The van der Waals surface area contributed by atoms with Gasteiger partial charge in [-0.05, 0) is 50.3 Å². The summed E-state index contributed by atoms with van der Waals surface area (Å²) in [7, 11) is 6.03. The Hall–Kier alpha value is -4.01. The molecular formula is C31H36O9. The zero-order valence-corrected chi connectivity index (χ0v) is 23.7. The molecule has 2 aromatic rings. The molecule has 0 fully saturated rings. The summed E-state index contributed by atoms with van der Waals surface area (Å²) < 4.78 is 34.2. The van der Waals surface area contributed by atoms with Crippen LogP contribution in [-0.4, -0.2) is 52.3 Å². The quantitative estimate of drug-likeness (QED) is 0.344. The summed E-state index contributed by atoms with van der Waals surface area (Å²) in [4.78, 5) is 38.7. The summed E-state index contributed by atoms with van der Waals surface area (Å²) in [5.41, 5.74) is 1.94. The van der Waals surface area contributed by atoms with Crippen LogP contribution in [0.4, 0.5) is 0 Å². The van der Waals surface area contributed by atoms with E-state index in [2.05, 4.69) is 0 Å².